The molecule has 1 fully saturated rings. The van der Waals surface area contributed by atoms with Gasteiger partial charge in [0.15, 0.2) is 23.8 Å². The van der Waals surface area contributed by atoms with E-state index < -0.39 is 5.97 Å². The molecular formula is C18H17FN4O3S. The van der Waals surface area contributed by atoms with Gasteiger partial charge in [0.05, 0.1) is 13.3 Å². The van der Waals surface area contributed by atoms with Crippen LogP contribution in [0.15, 0.2) is 30.7 Å². The van der Waals surface area contributed by atoms with Crippen LogP contribution in [0.4, 0.5) is 3.89 Å². The summed E-state index contributed by atoms with van der Waals surface area (Å²) in [6, 6.07) is 3.97. The average Bonchev–Trinajstić information content (AvgIpc) is 3.31. The van der Waals surface area contributed by atoms with Crippen molar-refractivity contribution in [1.29, 1.82) is 0 Å². The summed E-state index contributed by atoms with van der Waals surface area (Å²) in [5.41, 5.74) is 2.35. The van der Waals surface area contributed by atoms with Crippen LogP contribution in [-0.4, -0.2) is 37.2 Å². The lowest BCUT2D eigenvalue weighted by Gasteiger charge is -1.99. The molecule has 0 radical (unpaired) electrons. The topological polar surface area (TPSA) is 78.5 Å². The number of hydrogen-bond donors (Lipinski definition) is 0. The van der Waals surface area contributed by atoms with Gasteiger partial charge >= 0.3 is 5.97 Å². The minimum Gasteiger partial charge on any atom is -0.464 e. The zero-order valence-corrected chi connectivity index (χ0v) is 15.4. The number of Topliss-reactive ketones (excluding diaryl/α,β-unsaturated/α-hetero) is 1. The number of pyridine rings is 1. The number of ether oxygens (including phenoxy) is 1. The van der Waals surface area contributed by atoms with Gasteiger partial charge in [0.2, 0.25) is 0 Å². The molecule has 4 rings (SSSR count). The van der Waals surface area contributed by atoms with Crippen LogP contribution in [0.5, 0.6) is 0 Å². The Labute approximate surface area is 159 Å². The molecule has 1 aliphatic carbocycles. The predicted octanol–water partition coefficient (Wildman–Crippen LogP) is 3.39. The van der Waals surface area contributed by atoms with Crippen LogP contribution in [0.1, 0.15) is 57.5 Å². The summed E-state index contributed by atoms with van der Waals surface area (Å²) in [6.07, 6.45) is 7.70. The Kier molecular flexibility index (Phi) is 4.69. The average molecular weight is 388 g/mol. The summed E-state index contributed by atoms with van der Waals surface area (Å²) in [4.78, 5) is 32.5. The second kappa shape index (κ2) is 7.15. The van der Waals surface area contributed by atoms with E-state index in [9.17, 15) is 13.5 Å². The molecule has 9 heteroatoms. The Morgan fingerprint density at radius 2 is 2.04 bits per heavy atom. The fourth-order valence-corrected chi connectivity index (χ4v) is 3.34. The van der Waals surface area contributed by atoms with Gasteiger partial charge in [-0.2, -0.15) is 0 Å². The van der Waals surface area contributed by atoms with E-state index in [2.05, 4.69) is 20.8 Å². The maximum atomic E-state index is 13.0. The van der Waals surface area contributed by atoms with Crippen molar-refractivity contribution in [2.24, 2.45) is 0 Å². The smallest absolute Gasteiger partial charge is 0.358 e. The van der Waals surface area contributed by atoms with Gasteiger partial charge in [-0.1, -0.05) is 6.07 Å². The van der Waals surface area contributed by atoms with Crippen molar-refractivity contribution in [2.75, 3.05) is 7.11 Å². The predicted molar refractivity (Wildman–Crippen MR) is 97.5 cm³/mol. The first-order valence-electron chi connectivity index (χ1n) is 8.56. The molecule has 1 saturated carbocycles. The quantitative estimate of drug-likeness (QED) is 0.456. The van der Waals surface area contributed by atoms with Crippen molar-refractivity contribution < 1.29 is 18.2 Å². The fourth-order valence-electron chi connectivity index (χ4n) is 2.99. The second-order valence-corrected chi connectivity index (χ2v) is 7.01. The minimum absolute atomic E-state index is 0.00503. The Balaban J connectivity index is 1.48. The van der Waals surface area contributed by atoms with Gasteiger partial charge < -0.3 is 9.14 Å². The van der Waals surface area contributed by atoms with Crippen LogP contribution in [-0.2, 0) is 11.2 Å². The summed E-state index contributed by atoms with van der Waals surface area (Å²) in [5, 5.41) is 0. The molecule has 0 saturated heterocycles. The number of carbonyl (C=O) groups excluding carboxylic acids is 2. The lowest BCUT2D eigenvalue weighted by atomic mass is 10.2. The van der Waals surface area contributed by atoms with Crippen LogP contribution < -0.4 is 0 Å². The molecule has 3 heterocycles. The SMILES string of the molecule is COC(=O)c1cn(SF)c(CCC(=O)c2cn3cc(C4CC4)ccc3n2)n1. The normalized spacial score (nSPS) is 13.9. The molecule has 140 valence electrons. The van der Waals surface area contributed by atoms with Crippen molar-refractivity contribution in [3.05, 3.63) is 53.5 Å². The number of fused-ring (bicyclic) bond motifs is 1. The molecule has 0 aliphatic heterocycles. The van der Waals surface area contributed by atoms with E-state index in [1.807, 2.05) is 16.7 Å². The Morgan fingerprint density at radius 3 is 2.74 bits per heavy atom. The zero-order chi connectivity index (χ0) is 19.0. The molecule has 0 bridgehead atoms. The van der Waals surface area contributed by atoms with E-state index >= 15 is 0 Å². The van der Waals surface area contributed by atoms with E-state index in [-0.39, 0.29) is 42.5 Å². The lowest BCUT2D eigenvalue weighted by Crippen LogP contribution is -2.05. The number of methoxy groups -OCH3 is 1. The first-order chi connectivity index (χ1) is 13.1. The Bertz CT molecular complexity index is 1020. The molecule has 0 spiro atoms. The number of aromatic nitrogens is 4. The molecule has 27 heavy (non-hydrogen) atoms. The van der Waals surface area contributed by atoms with E-state index in [0.29, 0.717) is 11.6 Å². The van der Waals surface area contributed by atoms with Gasteiger partial charge in [-0.3, -0.25) is 4.79 Å². The standard InChI is InChI=1S/C18H17FN4O3S/c1-26-18(25)14-10-23(27-19)17(21-14)7-5-15(24)13-9-22-8-12(11-2-3-11)4-6-16(22)20-13/h4,6,8-11H,2-3,5,7H2,1H3. The third-order valence-corrected chi connectivity index (χ3v) is 5.06. The van der Waals surface area contributed by atoms with Gasteiger partial charge in [0.1, 0.15) is 17.2 Å². The van der Waals surface area contributed by atoms with E-state index in [4.69, 9.17) is 0 Å². The van der Waals surface area contributed by atoms with Crippen LogP contribution in [0.2, 0.25) is 0 Å². The summed E-state index contributed by atoms with van der Waals surface area (Å²) in [6.45, 7) is 0. The van der Waals surface area contributed by atoms with Gasteiger partial charge in [-0.15, -0.1) is 3.89 Å². The number of nitrogens with zero attached hydrogens (tertiary/aromatic N) is 4. The highest BCUT2D eigenvalue weighted by Crippen LogP contribution is 2.39. The van der Waals surface area contributed by atoms with Crippen molar-refractivity contribution in [3.63, 3.8) is 0 Å². The Morgan fingerprint density at radius 1 is 1.22 bits per heavy atom. The highest BCUT2D eigenvalue weighted by molar-refractivity contribution is 7.92. The fraction of sp³-hybridized carbons (Fsp3) is 0.333. The van der Waals surface area contributed by atoms with Gasteiger partial charge in [0.25, 0.3) is 0 Å². The molecular weight excluding hydrogens is 371 g/mol. The number of ketones is 1. The molecule has 1 aliphatic rings. The number of imidazole rings is 2. The first-order valence-corrected chi connectivity index (χ1v) is 9.24. The Hall–Kier alpha value is -2.68. The monoisotopic (exact) mass is 388 g/mol. The minimum atomic E-state index is -0.651. The number of rotatable bonds is 7. The molecule has 0 aromatic carbocycles. The maximum absolute atomic E-state index is 13.0. The summed E-state index contributed by atoms with van der Waals surface area (Å²) in [5.74, 6) is 0.0972. The third-order valence-electron chi connectivity index (χ3n) is 4.60. The van der Waals surface area contributed by atoms with E-state index in [1.54, 1.807) is 6.20 Å². The van der Waals surface area contributed by atoms with Crippen LogP contribution in [0.3, 0.4) is 0 Å². The highest BCUT2D eigenvalue weighted by Gasteiger charge is 2.24. The largest absolute Gasteiger partial charge is 0.464 e. The number of aryl methyl sites for hydroxylation is 1. The molecule has 3 aromatic heterocycles. The summed E-state index contributed by atoms with van der Waals surface area (Å²) < 4.78 is 20.6. The van der Waals surface area contributed by atoms with Crippen molar-refractivity contribution in [3.8, 4) is 0 Å². The number of halogens is 1. The van der Waals surface area contributed by atoms with Crippen LogP contribution >= 0.6 is 12.3 Å². The molecule has 3 aromatic rings. The van der Waals surface area contributed by atoms with E-state index in [1.165, 1.54) is 31.7 Å². The molecule has 0 N–H and O–H groups in total. The highest BCUT2D eigenvalue weighted by atomic mass is 32.2. The lowest BCUT2D eigenvalue weighted by molar-refractivity contribution is 0.0594. The maximum Gasteiger partial charge on any atom is 0.358 e. The van der Waals surface area contributed by atoms with Gasteiger partial charge in [-0.25, -0.2) is 18.7 Å². The summed E-state index contributed by atoms with van der Waals surface area (Å²) >= 11 is -0.0790. The van der Waals surface area contributed by atoms with Gasteiger partial charge in [-0.05, 0) is 30.4 Å². The van der Waals surface area contributed by atoms with Gasteiger partial charge in [0, 0.05) is 25.2 Å². The van der Waals surface area contributed by atoms with Crippen LogP contribution in [0.25, 0.3) is 5.65 Å². The molecule has 0 amide bonds. The van der Waals surface area contributed by atoms with Crippen molar-refractivity contribution in [2.45, 2.75) is 31.6 Å². The van der Waals surface area contributed by atoms with E-state index in [0.717, 1.165) is 9.62 Å². The second-order valence-electron chi connectivity index (χ2n) is 6.48. The number of hydrogen-bond acceptors (Lipinski definition) is 6. The third kappa shape index (κ3) is 3.59. The molecule has 0 atom stereocenters. The molecule has 7 nitrogen and oxygen atoms in total. The molecule has 0 unspecified atom stereocenters. The zero-order valence-electron chi connectivity index (χ0n) is 14.6. The number of carbonyl (C=O) groups is 2. The summed E-state index contributed by atoms with van der Waals surface area (Å²) in [7, 11) is 1.23. The van der Waals surface area contributed by atoms with Crippen molar-refractivity contribution in [1.82, 2.24) is 18.3 Å². The van der Waals surface area contributed by atoms with Crippen LogP contribution in [0, 0.1) is 0 Å². The van der Waals surface area contributed by atoms with Crippen molar-refractivity contribution >= 4 is 29.7 Å². The number of esters is 1. The first kappa shape index (κ1) is 17.7.